The standard InChI is InChI=1S/C18H28N2O3/c1-5-19-11-7-9-16(19)13-20(14(2)21)12-15-8-6-10-17(22-3)18(15)23-4/h6,8,10,16H,5,7,9,11-13H2,1-4H3. The van der Waals surface area contributed by atoms with Crippen LogP contribution in [0.4, 0.5) is 0 Å². The molecule has 5 nitrogen and oxygen atoms in total. The van der Waals surface area contributed by atoms with Gasteiger partial charge in [0.2, 0.25) is 5.91 Å². The van der Waals surface area contributed by atoms with E-state index in [4.69, 9.17) is 9.47 Å². The molecule has 1 aromatic rings. The maximum Gasteiger partial charge on any atom is 0.219 e. The average Bonchev–Trinajstić information content (AvgIpc) is 3.00. The third kappa shape index (κ3) is 4.16. The van der Waals surface area contributed by atoms with Crippen molar-refractivity contribution in [3.8, 4) is 11.5 Å². The molecule has 1 aliphatic rings. The zero-order valence-corrected chi connectivity index (χ0v) is 14.7. The van der Waals surface area contributed by atoms with Gasteiger partial charge in [0.25, 0.3) is 0 Å². The van der Waals surface area contributed by atoms with Crippen LogP contribution in [0.1, 0.15) is 32.3 Å². The largest absolute Gasteiger partial charge is 0.493 e. The summed E-state index contributed by atoms with van der Waals surface area (Å²) in [5.74, 6) is 1.50. The first kappa shape index (κ1) is 17.6. The van der Waals surface area contributed by atoms with Crippen molar-refractivity contribution in [3.63, 3.8) is 0 Å². The molecule has 128 valence electrons. The van der Waals surface area contributed by atoms with Gasteiger partial charge in [0.05, 0.1) is 14.2 Å². The molecule has 1 amide bonds. The second-order valence-electron chi connectivity index (χ2n) is 5.98. The van der Waals surface area contributed by atoms with E-state index in [0.717, 1.165) is 31.6 Å². The highest BCUT2D eigenvalue weighted by molar-refractivity contribution is 5.73. The second-order valence-corrected chi connectivity index (χ2v) is 5.98. The van der Waals surface area contributed by atoms with E-state index in [1.165, 1.54) is 6.42 Å². The molecule has 23 heavy (non-hydrogen) atoms. The van der Waals surface area contributed by atoms with Crippen LogP contribution in [-0.4, -0.2) is 55.6 Å². The van der Waals surface area contributed by atoms with Crippen LogP contribution in [0.5, 0.6) is 11.5 Å². The smallest absolute Gasteiger partial charge is 0.219 e. The third-order valence-corrected chi connectivity index (χ3v) is 4.63. The van der Waals surface area contributed by atoms with Gasteiger partial charge in [-0.2, -0.15) is 0 Å². The van der Waals surface area contributed by atoms with Gasteiger partial charge >= 0.3 is 0 Å². The van der Waals surface area contributed by atoms with E-state index in [-0.39, 0.29) is 5.91 Å². The molecule has 1 fully saturated rings. The second kappa shape index (κ2) is 8.20. The van der Waals surface area contributed by atoms with Gasteiger partial charge < -0.3 is 14.4 Å². The Bertz CT molecular complexity index is 533. The first-order chi connectivity index (χ1) is 11.1. The number of ether oxygens (including phenoxy) is 2. The van der Waals surface area contributed by atoms with Crippen LogP contribution in [0.15, 0.2) is 18.2 Å². The van der Waals surface area contributed by atoms with Crippen molar-refractivity contribution in [3.05, 3.63) is 23.8 Å². The Labute approximate surface area is 139 Å². The number of likely N-dealkylation sites (N-methyl/N-ethyl adjacent to an activating group) is 1. The number of benzene rings is 1. The molecule has 0 saturated carbocycles. The number of carbonyl (C=O) groups excluding carboxylic acids is 1. The highest BCUT2D eigenvalue weighted by Crippen LogP contribution is 2.31. The molecule has 1 saturated heterocycles. The van der Waals surface area contributed by atoms with Crippen molar-refractivity contribution < 1.29 is 14.3 Å². The lowest BCUT2D eigenvalue weighted by Crippen LogP contribution is -2.41. The molecule has 0 aliphatic carbocycles. The Morgan fingerprint density at radius 1 is 1.35 bits per heavy atom. The minimum Gasteiger partial charge on any atom is -0.493 e. The molecule has 0 radical (unpaired) electrons. The summed E-state index contributed by atoms with van der Waals surface area (Å²) >= 11 is 0. The Balaban J connectivity index is 2.15. The number of hydrogen-bond acceptors (Lipinski definition) is 4. The predicted molar refractivity (Wildman–Crippen MR) is 90.9 cm³/mol. The molecule has 1 atom stereocenters. The van der Waals surface area contributed by atoms with Gasteiger partial charge in [0, 0.05) is 31.6 Å². The van der Waals surface area contributed by atoms with Crippen molar-refractivity contribution >= 4 is 5.91 Å². The van der Waals surface area contributed by atoms with Crippen LogP contribution >= 0.6 is 0 Å². The van der Waals surface area contributed by atoms with Gasteiger partial charge in [-0.15, -0.1) is 0 Å². The quantitative estimate of drug-likeness (QED) is 0.774. The monoisotopic (exact) mass is 320 g/mol. The van der Waals surface area contributed by atoms with Gasteiger partial charge in [-0.25, -0.2) is 0 Å². The maximum absolute atomic E-state index is 12.1. The molecular weight excluding hydrogens is 292 g/mol. The minimum absolute atomic E-state index is 0.0952. The normalized spacial score (nSPS) is 18.0. The first-order valence-electron chi connectivity index (χ1n) is 8.30. The number of likely N-dealkylation sites (tertiary alicyclic amines) is 1. The predicted octanol–water partition coefficient (Wildman–Crippen LogP) is 2.54. The Hall–Kier alpha value is -1.75. The number of hydrogen-bond donors (Lipinski definition) is 0. The van der Waals surface area contributed by atoms with E-state index < -0.39 is 0 Å². The lowest BCUT2D eigenvalue weighted by molar-refractivity contribution is -0.130. The molecule has 1 heterocycles. The Morgan fingerprint density at radius 3 is 2.74 bits per heavy atom. The van der Waals surface area contributed by atoms with E-state index in [1.54, 1.807) is 21.1 Å². The van der Waals surface area contributed by atoms with E-state index in [1.807, 2.05) is 23.1 Å². The summed E-state index contributed by atoms with van der Waals surface area (Å²) in [4.78, 5) is 16.5. The lowest BCUT2D eigenvalue weighted by Gasteiger charge is -2.30. The van der Waals surface area contributed by atoms with Crippen LogP contribution in [0.25, 0.3) is 0 Å². The third-order valence-electron chi connectivity index (χ3n) is 4.63. The number of para-hydroxylation sites is 1. The summed E-state index contributed by atoms with van der Waals surface area (Å²) in [6.45, 7) is 7.31. The zero-order chi connectivity index (χ0) is 16.8. The molecule has 0 aromatic heterocycles. The van der Waals surface area contributed by atoms with Crippen LogP contribution in [0.3, 0.4) is 0 Å². The fraction of sp³-hybridized carbons (Fsp3) is 0.611. The summed E-state index contributed by atoms with van der Waals surface area (Å²) in [5.41, 5.74) is 0.975. The van der Waals surface area contributed by atoms with Crippen LogP contribution in [-0.2, 0) is 11.3 Å². The number of rotatable bonds is 7. The van der Waals surface area contributed by atoms with Crippen molar-refractivity contribution in [2.45, 2.75) is 39.3 Å². The Kier molecular flexibility index (Phi) is 6.28. The van der Waals surface area contributed by atoms with E-state index in [0.29, 0.717) is 24.1 Å². The van der Waals surface area contributed by atoms with E-state index >= 15 is 0 Å². The SMILES string of the molecule is CCN1CCCC1CN(Cc1cccc(OC)c1OC)C(C)=O. The van der Waals surface area contributed by atoms with Gasteiger partial charge in [0.15, 0.2) is 11.5 Å². The van der Waals surface area contributed by atoms with E-state index in [2.05, 4.69) is 11.8 Å². The first-order valence-corrected chi connectivity index (χ1v) is 8.30. The minimum atomic E-state index is 0.0952. The molecule has 1 aliphatic heterocycles. The molecule has 2 rings (SSSR count). The molecular formula is C18H28N2O3. The number of methoxy groups -OCH3 is 2. The van der Waals surface area contributed by atoms with Crippen molar-refractivity contribution in [1.29, 1.82) is 0 Å². The van der Waals surface area contributed by atoms with Gasteiger partial charge in [-0.1, -0.05) is 19.1 Å². The van der Waals surface area contributed by atoms with Crippen LogP contribution < -0.4 is 9.47 Å². The van der Waals surface area contributed by atoms with Crippen molar-refractivity contribution in [2.75, 3.05) is 33.9 Å². The fourth-order valence-electron chi connectivity index (χ4n) is 3.36. The van der Waals surface area contributed by atoms with Crippen molar-refractivity contribution in [1.82, 2.24) is 9.80 Å². The highest BCUT2D eigenvalue weighted by atomic mass is 16.5. The summed E-state index contributed by atoms with van der Waals surface area (Å²) in [6, 6.07) is 6.25. The fourth-order valence-corrected chi connectivity index (χ4v) is 3.36. The highest BCUT2D eigenvalue weighted by Gasteiger charge is 2.26. The lowest BCUT2D eigenvalue weighted by atomic mass is 10.1. The average molecular weight is 320 g/mol. The van der Waals surface area contributed by atoms with Gasteiger partial charge in [-0.05, 0) is 32.0 Å². The molecule has 0 N–H and O–H groups in total. The molecule has 5 heteroatoms. The molecule has 0 bridgehead atoms. The zero-order valence-electron chi connectivity index (χ0n) is 14.7. The van der Waals surface area contributed by atoms with Gasteiger partial charge in [-0.3, -0.25) is 9.69 Å². The number of carbonyl (C=O) groups is 1. The molecule has 0 spiro atoms. The van der Waals surface area contributed by atoms with E-state index in [9.17, 15) is 4.79 Å². The maximum atomic E-state index is 12.1. The summed E-state index contributed by atoms with van der Waals surface area (Å²) in [6.07, 6.45) is 2.37. The molecule has 1 aromatic carbocycles. The van der Waals surface area contributed by atoms with Crippen molar-refractivity contribution in [2.24, 2.45) is 0 Å². The number of amides is 1. The topological polar surface area (TPSA) is 42.0 Å². The summed E-state index contributed by atoms with van der Waals surface area (Å²) in [5, 5.41) is 0. The van der Waals surface area contributed by atoms with Gasteiger partial charge in [0.1, 0.15) is 0 Å². The van der Waals surface area contributed by atoms with Crippen LogP contribution in [0, 0.1) is 0 Å². The Morgan fingerprint density at radius 2 is 2.13 bits per heavy atom. The molecule has 1 unspecified atom stereocenters. The number of nitrogens with zero attached hydrogens (tertiary/aromatic N) is 2. The summed E-state index contributed by atoms with van der Waals surface area (Å²) in [7, 11) is 3.26. The summed E-state index contributed by atoms with van der Waals surface area (Å²) < 4.78 is 10.8. The van der Waals surface area contributed by atoms with Crippen LogP contribution in [0.2, 0.25) is 0 Å².